The minimum atomic E-state index is 0.403. The van der Waals surface area contributed by atoms with Gasteiger partial charge in [0.1, 0.15) is 0 Å². The lowest BCUT2D eigenvalue weighted by atomic mass is 10.2. The topological polar surface area (TPSA) is 29.3 Å². The highest BCUT2D eigenvalue weighted by atomic mass is 79.9. The molecule has 84 valence electrons. The van der Waals surface area contributed by atoms with Crippen LogP contribution in [0.2, 0.25) is 0 Å². The highest BCUT2D eigenvalue weighted by Crippen LogP contribution is 2.37. The zero-order chi connectivity index (χ0) is 10.8. The van der Waals surface area contributed by atoms with Gasteiger partial charge in [-0.25, -0.2) is 0 Å². The number of nitrogens with zero attached hydrogens (tertiary/aromatic N) is 1. The van der Waals surface area contributed by atoms with Crippen LogP contribution in [0.25, 0.3) is 0 Å². The van der Waals surface area contributed by atoms with Gasteiger partial charge in [0.25, 0.3) is 0 Å². The second-order valence-corrected chi connectivity index (χ2v) is 7.02. The third-order valence-electron chi connectivity index (χ3n) is 2.80. The lowest BCUT2D eigenvalue weighted by Crippen LogP contribution is -2.30. The molecule has 1 saturated heterocycles. The summed E-state index contributed by atoms with van der Waals surface area (Å²) in [6.45, 7) is 3.09. The van der Waals surface area contributed by atoms with Gasteiger partial charge in [0, 0.05) is 15.9 Å². The van der Waals surface area contributed by atoms with Crippen LogP contribution in [0.1, 0.15) is 23.8 Å². The van der Waals surface area contributed by atoms with Crippen molar-refractivity contribution >= 4 is 43.2 Å². The number of likely N-dealkylation sites (tertiary alicyclic amines) is 1. The molecule has 2 N–H and O–H groups in total. The summed E-state index contributed by atoms with van der Waals surface area (Å²) in [5.74, 6) is 0. The highest BCUT2D eigenvalue weighted by molar-refractivity contribution is 9.13. The smallest absolute Gasteiger partial charge is 0.0843 e. The molecule has 0 aromatic carbocycles. The molecule has 1 unspecified atom stereocenters. The van der Waals surface area contributed by atoms with Crippen LogP contribution in [0.15, 0.2) is 14.3 Å². The second-order valence-electron chi connectivity index (χ2n) is 3.76. The number of hydrogen-bond acceptors (Lipinski definition) is 3. The molecule has 5 heteroatoms. The summed E-state index contributed by atoms with van der Waals surface area (Å²) < 4.78 is 2.30. The molecule has 0 aliphatic carbocycles. The molecule has 1 aliphatic rings. The molecule has 1 atom stereocenters. The Morgan fingerprint density at radius 2 is 2.07 bits per heavy atom. The molecule has 1 aliphatic heterocycles. The third kappa shape index (κ3) is 2.64. The number of hydrogen-bond donors (Lipinski definition) is 1. The van der Waals surface area contributed by atoms with Gasteiger partial charge >= 0.3 is 0 Å². The molecular weight excluding hydrogens is 340 g/mol. The van der Waals surface area contributed by atoms with Gasteiger partial charge in [-0.3, -0.25) is 4.90 Å². The van der Waals surface area contributed by atoms with Crippen molar-refractivity contribution in [1.29, 1.82) is 0 Å². The molecular formula is C10H14Br2N2S. The number of nitrogens with two attached hydrogens (primary N) is 1. The second kappa shape index (κ2) is 5.27. The predicted octanol–water partition coefficient (Wildman–Crippen LogP) is 3.37. The minimum absolute atomic E-state index is 0.403. The fourth-order valence-electron chi connectivity index (χ4n) is 2.03. The van der Waals surface area contributed by atoms with Crippen LogP contribution >= 0.6 is 43.2 Å². The zero-order valence-corrected chi connectivity index (χ0v) is 12.4. The largest absolute Gasteiger partial charge is 0.329 e. The van der Waals surface area contributed by atoms with Gasteiger partial charge in [0.2, 0.25) is 0 Å². The van der Waals surface area contributed by atoms with Crippen LogP contribution in [0, 0.1) is 0 Å². The van der Waals surface area contributed by atoms with E-state index in [2.05, 4.69) is 42.8 Å². The molecule has 2 heterocycles. The van der Waals surface area contributed by atoms with E-state index in [-0.39, 0.29) is 0 Å². The number of rotatable bonds is 3. The Kier molecular flexibility index (Phi) is 4.24. The van der Waals surface area contributed by atoms with Crippen LogP contribution < -0.4 is 5.73 Å². The first kappa shape index (κ1) is 12.0. The summed E-state index contributed by atoms with van der Waals surface area (Å²) in [7, 11) is 0. The van der Waals surface area contributed by atoms with Gasteiger partial charge in [-0.05, 0) is 63.9 Å². The molecule has 1 aromatic rings. The van der Waals surface area contributed by atoms with E-state index in [0.29, 0.717) is 12.6 Å². The van der Waals surface area contributed by atoms with Gasteiger partial charge in [-0.1, -0.05) is 0 Å². The average Bonchev–Trinajstić information content (AvgIpc) is 2.80. The van der Waals surface area contributed by atoms with Crippen molar-refractivity contribution in [3.05, 3.63) is 19.2 Å². The van der Waals surface area contributed by atoms with Crippen LogP contribution in [-0.4, -0.2) is 24.5 Å². The van der Waals surface area contributed by atoms with Crippen molar-refractivity contribution in [2.45, 2.75) is 18.9 Å². The molecule has 1 fully saturated rings. The van der Waals surface area contributed by atoms with E-state index in [4.69, 9.17) is 5.73 Å². The lowest BCUT2D eigenvalue weighted by molar-refractivity contribution is 0.255. The highest BCUT2D eigenvalue weighted by Gasteiger charge is 2.24. The van der Waals surface area contributed by atoms with Gasteiger partial charge in [0.15, 0.2) is 0 Å². The maximum Gasteiger partial charge on any atom is 0.0843 e. The summed E-state index contributed by atoms with van der Waals surface area (Å²) in [5, 5.41) is 0. The zero-order valence-electron chi connectivity index (χ0n) is 8.38. The van der Waals surface area contributed by atoms with Crippen LogP contribution in [0.5, 0.6) is 0 Å². The SMILES string of the molecule is NCC(c1cc(Br)c(Br)s1)N1CCCC1. The van der Waals surface area contributed by atoms with Crippen LogP contribution in [-0.2, 0) is 0 Å². The van der Waals surface area contributed by atoms with Crippen LogP contribution in [0.3, 0.4) is 0 Å². The summed E-state index contributed by atoms with van der Waals surface area (Å²) in [4.78, 5) is 3.85. The van der Waals surface area contributed by atoms with Crippen molar-refractivity contribution in [1.82, 2.24) is 4.90 Å². The molecule has 0 saturated carbocycles. The molecule has 0 amide bonds. The molecule has 15 heavy (non-hydrogen) atoms. The summed E-state index contributed by atoms with van der Waals surface area (Å²) in [5.41, 5.74) is 5.88. The fraction of sp³-hybridized carbons (Fsp3) is 0.600. The quantitative estimate of drug-likeness (QED) is 0.902. The Morgan fingerprint density at radius 3 is 2.53 bits per heavy atom. The minimum Gasteiger partial charge on any atom is -0.329 e. The van der Waals surface area contributed by atoms with Crippen molar-refractivity contribution in [3.8, 4) is 0 Å². The summed E-state index contributed by atoms with van der Waals surface area (Å²) in [6.07, 6.45) is 2.62. The molecule has 2 nitrogen and oxygen atoms in total. The van der Waals surface area contributed by atoms with E-state index in [9.17, 15) is 0 Å². The Hall–Kier alpha value is 0.580. The molecule has 0 radical (unpaired) electrons. The lowest BCUT2D eigenvalue weighted by Gasteiger charge is -2.24. The maximum atomic E-state index is 5.88. The third-order valence-corrected chi connectivity index (χ3v) is 6.15. The maximum absolute atomic E-state index is 5.88. The van der Waals surface area contributed by atoms with Gasteiger partial charge in [0.05, 0.1) is 9.83 Å². The van der Waals surface area contributed by atoms with E-state index < -0.39 is 0 Å². The van der Waals surface area contributed by atoms with Crippen molar-refractivity contribution < 1.29 is 0 Å². The van der Waals surface area contributed by atoms with E-state index >= 15 is 0 Å². The normalized spacial score (nSPS) is 19.7. The summed E-state index contributed by atoms with van der Waals surface area (Å²) >= 11 is 8.84. The number of halogens is 2. The first-order valence-electron chi connectivity index (χ1n) is 5.11. The Balaban J connectivity index is 2.18. The van der Waals surface area contributed by atoms with Crippen LogP contribution in [0.4, 0.5) is 0 Å². The monoisotopic (exact) mass is 352 g/mol. The molecule has 1 aromatic heterocycles. The van der Waals surface area contributed by atoms with Gasteiger partial charge < -0.3 is 5.73 Å². The molecule has 0 bridgehead atoms. The Morgan fingerprint density at radius 1 is 1.40 bits per heavy atom. The standard InChI is InChI=1S/C10H14Br2N2S/c11-7-5-9(15-10(7)12)8(6-13)14-3-1-2-4-14/h5,8H,1-4,6,13H2. The van der Waals surface area contributed by atoms with Gasteiger partial charge in [-0.15, -0.1) is 11.3 Å². The molecule has 0 spiro atoms. The van der Waals surface area contributed by atoms with E-state index in [1.807, 2.05) is 0 Å². The van der Waals surface area contributed by atoms with E-state index in [1.165, 1.54) is 30.8 Å². The van der Waals surface area contributed by atoms with Crippen molar-refractivity contribution in [2.24, 2.45) is 5.73 Å². The Labute approximate surface area is 111 Å². The first-order chi connectivity index (χ1) is 7.22. The fourth-order valence-corrected chi connectivity index (χ4v) is 4.26. The molecule has 2 rings (SSSR count). The average molecular weight is 354 g/mol. The van der Waals surface area contributed by atoms with Gasteiger partial charge in [-0.2, -0.15) is 0 Å². The van der Waals surface area contributed by atoms with E-state index in [0.717, 1.165) is 8.26 Å². The Bertz CT molecular complexity index is 315. The summed E-state index contributed by atoms with van der Waals surface area (Å²) in [6, 6.07) is 2.59. The number of thiophene rings is 1. The first-order valence-corrected chi connectivity index (χ1v) is 7.51. The van der Waals surface area contributed by atoms with E-state index in [1.54, 1.807) is 11.3 Å². The van der Waals surface area contributed by atoms with Crippen molar-refractivity contribution in [2.75, 3.05) is 19.6 Å². The predicted molar refractivity (Wildman–Crippen MR) is 72.3 cm³/mol. The van der Waals surface area contributed by atoms with Crippen molar-refractivity contribution in [3.63, 3.8) is 0 Å².